The standard InChI is InChI=1S/C20H20N4O4S/c1-11-7-8-14(24(27)28)18(12(11)2)22-16(25)9-23-10-21-19-17(20(23)26)13-5-3-4-6-15(13)29-19/h7-8,10H,3-6,9H2,1-2H3,(H,22,25). The van der Waals surface area contributed by atoms with Crippen molar-refractivity contribution in [3.05, 3.63) is 60.5 Å². The number of carbonyl (C=O) groups is 1. The lowest BCUT2D eigenvalue weighted by molar-refractivity contribution is -0.384. The van der Waals surface area contributed by atoms with Gasteiger partial charge in [-0.1, -0.05) is 6.07 Å². The molecule has 2 aromatic heterocycles. The molecule has 1 amide bonds. The average Bonchev–Trinajstić information content (AvgIpc) is 3.07. The first-order chi connectivity index (χ1) is 13.9. The first-order valence-electron chi connectivity index (χ1n) is 9.41. The molecule has 8 nitrogen and oxygen atoms in total. The number of aromatic nitrogens is 2. The zero-order valence-electron chi connectivity index (χ0n) is 16.2. The normalized spacial score (nSPS) is 13.3. The van der Waals surface area contributed by atoms with E-state index in [2.05, 4.69) is 10.3 Å². The number of anilines is 1. The third-order valence-corrected chi connectivity index (χ3v) is 6.63. The number of benzene rings is 1. The van der Waals surface area contributed by atoms with Crippen LogP contribution in [0.5, 0.6) is 0 Å². The van der Waals surface area contributed by atoms with Crippen molar-refractivity contribution in [2.45, 2.75) is 46.1 Å². The number of amides is 1. The fraction of sp³-hybridized carbons (Fsp3) is 0.350. The molecule has 3 aromatic rings. The van der Waals surface area contributed by atoms with Gasteiger partial charge in [-0.3, -0.25) is 24.3 Å². The molecule has 0 atom stereocenters. The Kier molecular flexibility index (Phi) is 4.91. The summed E-state index contributed by atoms with van der Waals surface area (Å²) in [7, 11) is 0. The maximum Gasteiger partial charge on any atom is 0.293 e. The SMILES string of the molecule is Cc1ccc([N+](=O)[O-])c(NC(=O)Cn2cnc3sc4c(c3c2=O)CCCC4)c1C. The van der Waals surface area contributed by atoms with Crippen LogP contribution in [0.2, 0.25) is 0 Å². The number of aryl methyl sites for hydroxylation is 3. The van der Waals surface area contributed by atoms with Crippen molar-refractivity contribution >= 4 is 38.8 Å². The molecule has 0 saturated heterocycles. The van der Waals surface area contributed by atoms with Crippen LogP contribution >= 0.6 is 11.3 Å². The number of nitrogens with one attached hydrogen (secondary N) is 1. The Bertz CT molecular complexity index is 1210. The minimum absolute atomic E-state index is 0.162. The van der Waals surface area contributed by atoms with E-state index in [9.17, 15) is 19.7 Å². The lowest BCUT2D eigenvalue weighted by Gasteiger charge is -2.12. The van der Waals surface area contributed by atoms with Crippen molar-refractivity contribution in [1.82, 2.24) is 9.55 Å². The number of hydrogen-bond donors (Lipinski definition) is 1. The third-order valence-electron chi connectivity index (χ3n) is 5.43. The summed E-state index contributed by atoms with van der Waals surface area (Å²) in [6.07, 6.45) is 5.36. The van der Waals surface area contributed by atoms with Gasteiger partial charge in [0.2, 0.25) is 5.91 Å². The fourth-order valence-corrected chi connectivity index (χ4v) is 4.96. The largest absolute Gasteiger partial charge is 0.319 e. The summed E-state index contributed by atoms with van der Waals surface area (Å²) in [4.78, 5) is 42.7. The number of nitro benzene ring substituents is 1. The highest BCUT2D eigenvalue weighted by molar-refractivity contribution is 7.18. The highest BCUT2D eigenvalue weighted by Crippen LogP contribution is 2.33. The van der Waals surface area contributed by atoms with E-state index in [4.69, 9.17) is 0 Å². The molecule has 1 N–H and O–H groups in total. The first-order valence-corrected chi connectivity index (χ1v) is 10.2. The summed E-state index contributed by atoms with van der Waals surface area (Å²) in [5.74, 6) is -0.505. The number of carbonyl (C=O) groups excluding carboxylic acids is 1. The van der Waals surface area contributed by atoms with Gasteiger partial charge in [-0.2, -0.15) is 0 Å². The number of hydrogen-bond acceptors (Lipinski definition) is 6. The number of thiophene rings is 1. The molecule has 1 aromatic carbocycles. The number of nitrogens with zero attached hydrogens (tertiary/aromatic N) is 3. The molecule has 1 aliphatic rings. The van der Waals surface area contributed by atoms with Gasteiger partial charge in [0.25, 0.3) is 11.2 Å². The molecule has 29 heavy (non-hydrogen) atoms. The summed E-state index contributed by atoms with van der Waals surface area (Å²) >= 11 is 1.55. The predicted molar refractivity (Wildman–Crippen MR) is 112 cm³/mol. The summed E-state index contributed by atoms with van der Waals surface area (Å²) in [5.41, 5.74) is 2.27. The third kappa shape index (κ3) is 3.42. The van der Waals surface area contributed by atoms with Crippen LogP contribution in [-0.2, 0) is 24.2 Å². The van der Waals surface area contributed by atoms with Crippen molar-refractivity contribution in [3.8, 4) is 0 Å². The summed E-state index contributed by atoms with van der Waals surface area (Å²) < 4.78 is 1.27. The van der Waals surface area contributed by atoms with Crippen molar-refractivity contribution in [3.63, 3.8) is 0 Å². The quantitative estimate of drug-likeness (QED) is 0.521. The second-order valence-electron chi connectivity index (χ2n) is 7.28. The van der Waals surface area contributed by atoms with Crippen molar-refractivity contribution in [2.24, 2.45) is 0 Å². The van der Waals surface area contributed by atoms with Gasteiger partial charge in [0, 0.05) is 10.9 Å². The Hall–Kier alpha value is -3.07. The van der Waals surface area contributed by atoms with E-state index in [1.54, 1.807) is 24.3 Å². The van der Waals surface area contributed by atoms with Gasteiger partial charge in [0.05, 0.1) is 16.6 Å². The topological polar surface area (TPSA) is 107 Å². The fourth-order valence-electron chi connectivity index (χ4n) is 3.74. The monoisotopic (exact) mass is 412 g/mol. The van der Waals surface area contributed by atoms with Gasteiger partial charge < -0.3 is 5.32 Å². The van der Waals surface area contributed by atoms with E-state index in [1.807, 2.05) is 6.92 Å². The van der Waals surface area contributed by atoms with Crippen molar-refractivity contribution in [2.75, 3.05) is 5.32 Å². The van der Waals surface area contributed by atoms with Gasteiger partial charge in [0.15, 0.2) is 0 Å². The minimum Gasteiger partial charge on any atom is -0.319 e. The van der Waals surface area contributed by atoms with E-state index >= 15 is 0 Å². The second-order valence-corrected chi connectivity index (χ2v) is 8.36. The highest BCUT2D eigenvalue weighted by atomic mass is 32.1. The molecule has 0 unspecified atom stereocenters. The molecule has 9 heteroatoms. The molecule has 0 bridgehead atoms. The summed E-state index contributed by atoms with van der Waals surface area (Å²) in [6.45, 7) is 3.28. The van der Waals surface area contributed by atoms with Crippen LogP contribution < -0.4 is 10.9 Å². The van der Waals surface area contributed by atoms with Gasteiger partial charge in [-0.05, 0) is 56.2 Å². The molecular weight excluding hydrogens is 392 g/mol. The zero-order valence-corrected chi connectivity index (χ0v) is 17.0. The van der Waals surface area contributed by atoms with Crippen LogP contribution in [0.4, 0.5) is 11.4 Å². The number of fused-ring (bicyclic) bond motifs is 3. The Morgan fingerprint density at radius 1 is 1.31 bits per heavy atom. The molecule has 0 saturated carbocycles. The molecule has 0 radical (unpaired) electrons. The average molecular weight is 412 g/mol. The van der Waals surface area contributed by atoms with Gasteiger partial charge in [-0.15, -0.1) is 11.3 Å². The number of nitro groups is 1. The lowest BCUT2D eigenvalue weighted by atomic mass is 9.97. The van der Waals surface area contributed by atoms with Crippen LogP contribution in [-0.4, -0.2) is 20.4 Å². The van der Waals surface area contributed by atoms with Crippen LogP contribution in [0.3, 0.4) is 0 Å². The van der Waals surface area contributed by atoms with Crippen LogP contribution in [0.1, 0.15) is 34.4 Å². The Morgan fingerprint density at radius 2 is 2.07 bits per heavy atom. The predicted octanol–water partition coefficient (Wildman–Crippen LogP) is 3.50. The Morgan fingerprint density at radius 3 is 2.83 bits per heavy atom. The van der Waals surface area contributed by atoms with E-state index in [-0.39, 0.29) is 23.5 Å². The summed E-state index contributed by atoms with van der Waals surface area (Å²) in [6, 6.07) is 3.01. The van der Waals surface area contributed by atoms with Crippen molar-refractivity contribution in [1.29, 1.82) is 0 Å². The molecule has 0 aliphatic heterocycles. The first kappa shape index (κ1) is 19.3. The zero-order chi connectivity index (χ0) is 20.7. The molecule has 2 heterocycles. The Labute approximate surface area is 170 Å². The van der Waals surface area contributed by atoms with Crippen LogP contribution in [0.15, 0.2) is 23.3 Å². The van der Waals surface area contributed by atoms with E-state index in [0.717, 1.165) is 36.8 Å². The van der Waals surface area contributed by atoms with Crippen LogP contribution in [0, 0.1) is 24.0 Å². The van der Waals surface area contributed by atoms with Gasteiger partial charge in [-0.25, -0.2) is 4.98 Å². The highest BCUT2D eigenvalue weighted by Gasteiger charge is 2.22. The van der Waals surface area contributed by atoms with Gasteiger partial charge >= 0.3 is 0 Å². The lowest BCUT2D eigenvalue weighted by Crippen LogP contribution is -2.28. The van der Waals surface area contributed by atoms with Gasteiger partial charge in [0.1, 0.15) is 17.1 Å². The molecule has 4 rings (SSSR count). The number of rotatable bonds is 4. The molecule has 0 fully saturated rings. The molecular formula is C20H20N4O4S. The minimum atomic E-state index is -0.528. The van der Waals surface area contributed by atoms with E-state index < -0.39 is 10.8 Å². The van der Waals surface area contributed by atoms with E-state index in [0.29, 0.717) is 15.8 Å². The maximum absolute atomic E-state index is 13.0. The smallest absolute Gasteiger partial charge is 0.293 e. The second kappa shape index (κ2) is 7.40. The molecule has 1 aliphatic carbocycles. The molecule has 0 spiro atoms. The van der Waals surface area contributed by atoms with E-state index in [1.165, 1.54) is 21.8 Å². The van der Waals surface area contributed by atoms with Crippen LogP contribution in [0.25, 0.3) is 10.2 Å². The molecule has 150 valence electrons. The Balaban J connectivity index is 1.66. The summed E-state index contributed by atoms with van der Waals surface area (Å²) in [5, 5.41) is 14.5. The maximum atomic E-state index is 13.0. The van der Waals surface area contributed by atoms with Crippen molar-refractivity contribution < 1.29 is 9.72 Å².